The van der Waals surface area contributed by atoms with E-state index in [9.17, 15) is 24.8 Å². The number of ether oxygens (including phenoxy) is 1. The standard InChI is InChI=1S/C11H9NO6/c13-7-3-1-6-2-4-8(18-5-9(14)15)11(10(6)7)12(16)17/h2,4H,1,3,5H2,(H,14,15)/p-1. The summed E-state index contributed by atoms with van der Waals surface area (Å²) in [6, 6.07) is 2.84. The van der Waals surface area contributed by atoms with Crippen LogP contribution in [0.25, 0.3) is 0 Å². The van der Waals surface area contributed by atoms with Gasteiger partial charge < -0.3 is 14.6 Å². The molecule has 0 bridgehead atoms. The van der Waals surface area contributed by atoms with Gasteiger partial charge in [-0.2, -0.15) is 0 Å². The highest BCUT2D eigenvalue weighted by Gasteiger charge is 2.32. The Morgan fingerprint density at radius 3 is 2.72 bits per heavy atom. The maximum atomic E-state index is 11.6. The summed E-state index contributed by atoms with van der Waals surface area (Å²) >= 11 is 0. The largest absolute Gasteiger partial charge is 0.546 e. The Morgan fingerprint density at radius 2 is 2.11 bits per heavy atom. The van der Waals surface area contributed by atoms with Gasteiger partial charge in [0.05, 0.1) is 10.9 Å². The molecule has 0 unspecified atom stereocenters. The molecule has 1 aromatic rings. The van der Waals surface area contributed by atoms with E-state index in [1.165, 1.54) is 12.1 Å². The fourth-order valence-corrected chi connectivity index (χ4v) is 1.94. The number of carboxylic acid groups (broad SMARTS) is 1. The van der Waals surface area contributed by atoms with Crippen LogP contribution in [-0.2, 0) is 11.2 Å². The predicted molar refractivity (Wildman–Crippen MR) is 56.2 cm³/mol. The van der Waals surface area contributed by atoms with Crippen molar-refractivity contribution in [1.82, 2.24) is 0 Å². The third-order valence-corrected chi connectivity index (χ3v) is 2.66. The Bertz CT molecular complexity index is 551. The lowest BCUT2D eigenvalue weighted by Gasteiger charge is -2.09. The molecule has 7 heteroatoms. The summed E-state index contributed by atoms with van der Waals surface area (Å²) in [6.07, 6.45) is 0.676. The van der Waals surface area contributed by atoms with Crippen molar-refractivity contribution in [3.8, 4) is 5.75 Å². The van der Waals surface area contributed by atoms with E-state index < -0.39 is 23.2 Å². The van der Waals surface area contributed by atoms with E-state index >= 15 is 0 Å². The minimum atomic E-state index is -1.49. The molecule has 0 spiro atoms. The molecule has 0 aliphatic heterocycles. The average molecular weight is 250 g/mol. The number of hydrogen-bond acceptors (Lipinski definition) is 6. The first-order valence-electron chi connectivity index (χ1n) is 5.17. The fraction of sp³-hybridized carbons (Fsp3) is 0.273. The molecule has 0 amide bonds. The molecule has 0 radical (unpaired) electrons. The zero-order valence-corrected chi connectivity index (χ0v) is 9.17. The number of Topliss-reactive ketones (excluding diaryl/α,β-unsaturated/α-hetero) is 1. The molecule has 0 saturated carbocycles. The van der Waals surface area contributed by atoms with Crippen molar-refractivity contribution in [1.29, 1.82) is 0 Å². The topological polar surface area (TPSA) is 110 Å². The Hall–Kier alpha value is -2.44. The van der Waals surface area contributed by atoms with Crippen LogP contribution in [0.3, 0.4) is 0 Å². The molecule has 0 saturated heterocycles. The molecule has 7 nitrogen and oxygen atoms in total. The first kappa shape index (κ1) is 12.0. The van der Waals surface area contributed by atoms with Gasteiger partial charge in [-0.15, -0.1) is 0 Å². The molecule has 0 aromatic heterocycles. The van der Waals surface area contributed by atoms with Crippen LogP contribution in [0.1, 0.15) is 22.3 Å². The highest BCUT2D eigenvalue weighted by Crippen LogP contribution is 2.37. The Labute approximate surface area is 101 Å². The summed E-state index contributed by atoms with van der Waals surface area (Å²) < 4.78 is 4.78. The number of nitro benzene ring substituents is 1. The molecule has 1 aromatic carbocycles. The fourth-order valence-electron chi connectivity index (χ4n) is 1.94. The van der Waals surface area contributed by atoms with Crippen LogP contribution in [0.4, 0.5) is 5.69 Å². The predicted octanol–water partition coefficient (Wildman–Crippen LogP) is -0.148. The van der Waals surface area contributed by atoms with E-state index in [0.717, 1.165) is 0 Å². The van der Waals surface area contributed by atoms with Crippen LogP contribution in [0.5, 0.6) is 5.75 Å². The van der Waals surface area contributed by atoms with Gasteiger partial charge in [-0.1, -0.05) is 6.07 Å². The number of carbonyl (C=O) groups is 2. The van der Waals surface area contributed by atoms with Crippen LogP contribution in [-0.4, -0.2) is 23.3 Å². The summed E-state index contributed by atoms with van der Waals surface area (Å²) in [4.78, 5) is 32.1. The van der Waals surface area contributed by atoms with Crippen molar-refractivity contribution in [2.75, 3.05) is 6.61 Å². The summed E-state index contributed by atoms with van der Waals surface area (Å²) in [7, 11) is 0. The van der Waals surface area contributed by atoms with Gasteiger partial charge in [-0.25, -0.2) is 0 Å². The number of nitrogens with zero attached hydrogens (tertiary/aromatic N) is 1. The van der Waals surface area contributed by atoms with Crippen molar-refractivity contribution in [3.05, 3.63) is 33.4 Å². The zero-order chi connectivity index (χ0) is 13.3. The number of carboxylic acids is 1. The second kappa shape index (κ2) is 4.44. The highest BCUT2D eigenvalue weighted by atomic mass is 16.6. The van der Waals surface area contributed by atoms with Crippen molar-refractivity contribution >= 4 is 17.4 Å². The number of rotatable bonds is 4. The zero-order valence-electron chi connectivity index (χ0n) is 9.17. The maximum Gasteiger partial charge on any atom is 0.321 e. The van der Waals surface area contributed by atoms with Crippen molar-refractivity contribution in [2.24, 2.45) is 0 Å². The van der Waals surface area contributed by atoms with Gasteiger partial charge in [0.15, 0.2) is 11.5 Å². The van der Waals surface area contributed by atoms with E-state index in [0.29, 0.717) is 12.0 Å². The van der Waals surface area contributed by atoms with Crippen LogP contribution in [0.2, 0.25) is 0 Å². The normalized spacial score (nSPS) is 13.2. The van der Waals surface area contributed by atoms with Crippen molar-refractivity contribution in [3.63, 3.8) is 0 Å². The minimum absolute atomic E-state index is 0.0239. The molecule has 0 heterocycles. The third-order valence-electron chi connectivity index (χ3n) is 2.66. The molecule has 0 fully saturated rings. The Kier molecular flexibility index (Phi) is 2.97. The average Bonchev–Trinajstić information content (AvgIpc) is 2.67. The molecule has 2 rings (SSSR count). The molecule has 18 heavy (non-hydrogen) atoms. The summed E-state index contributed by atoms with van der Waals surface area (Å²) in [6.45, 7) is -0.798. The molecule has 94 valence electrons. The Morgan fingerprint density at radius 1 is 1.39 bits per heavy atom. The molecule has 0 atom stereocenters. The van der Waals surface area contributed by atoms with Crippen LogP contribution >= 0.6 is 0 Å². The van der Waals surface area contributed by atoms with Gasteiger partial charge in [0, 0.05) is 6.42 Å². The molecule has 0 N–H and O–H groups in total. The quantitative estimate of drug-likeness (QED) is 0.543. The van der Waals surface area contributed by atoms with Gasteiger partial charge >= 0.3 is 5.69 Å². The Balaban J connectivity index is 2.48. The van der Waals surface area contributed by atoms with Crippen LogP contribution in [0, 0.1) is 10.1 Å². The number of carbonyl (C=O) groups excluding carboxylic acids is 2. The first-order valence-corrected chi connectivity index (χ1v) is 5.17. The number of aryl methyl sites for hydroxylation is 1. The molecular weight excluding hydrogens is 242 g/mol. The van der Waals surface area contributed by atoms with Crippen molar-refractivity contribution in [2.45, 2.75) is 12.8 Å². The lowest BCUT2D eigenvalue weighted by atomic mass is 10.1. The van der Waals surface area contributed by atoms with Gasteiger partial charge in [-0.3, -0.25) is 14.9 Å². The highest BCUT2D eigenvalue weighted by molar-refractivity contribution is 6.04. The summed E-state index contributed by atoms with van der Waals surface area (Å²) in [5.74, 6) is -2.04. The molecule has 1 aliphatic rings. The van der Waals surface area contributed by atoms with Crippen molar-refractivity contribution < 1.29 is 24.4 Å². The number of nitro groups is 1. The van der Waals surface area contributed by atoms with Gasteiger partial charge in [0.25, 0.3) is 0 Å². The van der Waals surface area contributed by atoms with Crippen LogP contribution in [0.15, 0.2) is 12.1 Å². The van der Waals surface area contributed by atoms with E-state index in [2.05, 4.69) is 0 Å². The lowest BCUT2D eigenvalue weighted by molar-refractivity contribution is -0.386. The summed E-state index contributed by atoms with van der Waals surface area (Å²) in [5, 5.41) is 21.3. The minimum Gasteiger partial charge on any atom is -0.546 e. The number of ketones is 1. The molecule has 1 aliphatic carbocycles. The smallest absolute Gasteiger partial charge is 0.321 e. The van der Waals surface area contributed by atoms with Gasteiger partial charge in [-0.05, 0) is 18.1 Å². The second-order valence-electron chi connectivity index (χ2n) is 3.79. The van der Waals surface area contributed by atoms with E-state index in [1.807, 2.05) is 0 Å². The third kappa shape index (κ3) is 2.02. The number of hydrogen-bond donors (Lipinski definition) is 0. The number of fused-ring (bicyclic) bond motifs is 1. The number of benzene rings is 1. The first-order chi connectivity index (χ1) is 8.50. The van der Waals surface area contributed by atoms with E-state index in [-0.39, 0.29) is 23.5 Å². The van der Waals surface area contributed by atoms with E-state index in [4.69, 9.17) is 4.74 Å². The monoisotopic (exact) mass is 250 g/mol. The lowest BCUT2D eigenvalue weighted by Crippen LogP contribution is -2.29. The van der Waals surface area contributed by atoms with E-state index in [1.54, 1.807) is 0 Å². The maximum absolute atomic E-state index is 11.6. The molecular formula is C11H8NO6-. The second-order valence-corrected chi connectivity index (χ2v) is 3.79. The SMILES string of the molecule is O=C([O-])COc1ccc2c(c1[N+](=O)[O-])C(=O)CC2. The van der Waals surface area contributed by atoms with Gasteiger partial charge in [0.2, 0.25) is 0 Å². The summed E-state index contributed by atoms with van der Waals surface area (Å²) in [5.41, 5.74) is 0.152. The van der Waals surface area contributed by atoms with Gasteiger partial charge in [0.1, 0.15) is 12.2 Å². The number of aliphatic carboxylic acids is 1. The van der Waals surface area contributed by atoms with Crippen LogP contribution < -0.4 is 9.84 Å².